The third-order valence-electron chi connectivity index (χ3n) is 3.22. The van der Waals surface area contributed by atoms with Crippen LogP contribution in [0.2, 0.25) is 0 Å². The first-order valence-electron chi connectivity index (χ1n) is 6.37. The number of nitrogens with one attached hydrogen (secondary N) is 1. The Balaban J connectivity index is 1.77. The molecule has 4 heteroatoms. The fraction of sp³-hybridized carbons (Fsp3) is 0.125. The quantitative estimate of drug-likeness (QED) is 0.922. The monoisotopic (exact) mass is 283 g/mol. The van der Waals surface area contributed by atoms with Gasteiger partial charge in [-0.3, -0.25) is 9.59 Å². The van der Waals surface area contributed by atoms with Crippen LogP contribution in [0.4, 0.5) is 0 Å². The van der Waals surface area contributed by atoms with Crippen LogP contribution in [0.3, 0.4) is 0 Å². The summed E-state index contributed by atoms with van der Waals surface area (Å²) in [6.07, 6.45) is 0. The molecule has 0 aromatic heterocycles. The Morgan fingerprint density at radius 3 is 2.55 bits per heavy atom. The third kappa shape index (κ3) is 2.47. The van der Waals surface area contributed by atoms with Crippen LogP contribution in [-0.2, 0) is 0 Å². The highest BCUT2D eigenvalue weighted by molar-refractivity contribution is 7.99. The van der Waals surface area contributed by atoms with Crippen LogP contribution in [0.15, 0.2) is 59.5 Å². The number of carbonyl (C=O) groups excluding carboxylic acids is 2. The van der Waals surface area contributed by atoms with Crippen LogP contribution in [0.1, 0.15) is 20.7 Å². The fourth-order valence-electron chi connectivity index (χ4n) is 2.17. The number of fused-ring (bicyclic) bond motifs is 1. The van der Waals surface area contributed by atoms with E-state index in [-0.39, 0.29) is 11.7 Å². The molecule has 2 aromatic rings. The van der Waals surface area contributed by atoms with Crippen molar-refractivity contribution in [1.29, 1.82) is 0 Å². The first-order valence-corrected chi connectivity index (χ1v) is 7.36. The summed E-state index contributed by atoms with van der Waals surface area (Å²) < 4.78 is 0. The van der Waals surface area contributed by atoms with E-state index in [0.717, 1.165) is 4.90 Å². The second kappa shape index (κ2) is 5.51. The highest BCUT2D eigenvalue weighted by Crippen LogP contribution is 2.29. The maximum atomic E-state index is 12.4. The zero-order valence-electron chi connectivity index (χ0n) is 10.7. The van der Waals surface area contributed by atoms with Crippen molar-refractivity contribution < 1.29 is 9.59 Å². The van der Waals surface area contributed by atoms with E-state index in [9.17, 15) is 9.59 Å². The summed E-state index contributed by atoms with van der Waals surface area (Å²) in [4.78, 5) is 25.4. The summed E-state index contributed by atoms with van der Waals surface area (Å²) in [6.45, 7) is 0. The minimum absolute atomic E-state index is 0.0105. The van der Waals surface area contributed by atoms with Gasteiger partial charge in [0.05, 0.1) is 0 Å². The summed E-state index contributed by atoms with van der Waals surface area (Å²) >= 11 is 1.60. The molecule has 3 nitrogen and oxygen atoms in total. The molecular formula is C16H13NO2S. The SMILES string of the molecule is O=C(NC1CSc2ccccc2C1=O)c1ccccc1. The first kappa shape index (κ1) is 12.9. The minimum atomic E-state index is -0.456. The molecule has 1 heterocycles. The van der Waals surface area contributed by atoms with Crippen LogP contribution in [0.5, 0.6) is 0 Å². The van der Waals surface area contributed by atoms with Crippen LogP contribution in [0, 0.1) is 0 Å². The van der Waals surface area contributed by atoms with E-state index in [1.165, 1.54) is 0 Å². The van der Waals surface area contributed by atoms with Gasteiger partial charge in [-0.15, -0.1) is 11.8 Å². The van der Waals surface area contributed by atoms with Crippen LogP contribution < -0.4 is 5.32 Å². The molecule has 0 radical (unpaired) electrons. The normalized spacial score (nSPS) is 17.4. The number of benzene rings is 2. The van der Waals surface area contributed by atoms with Crippen molar-refractivity contribution in [3.05, 3.63) is 65.7 Å². The van der Waals surface area contributed by atoms with E-state index in [1.54, 1.807) is 23.9 Å². The summed E-state index contributed by atoms with van der Waals surface area (Å²) in [5.74, 6) is 0.363. The van der Waals surface area contributed by atoms with E-state index in [2.05, 4.69) is 5.32 Å². The molecule has 3 rings (SSSR count). The zero-order chi connectivity index (χ0) is 13.9. The molecule has 1 aliphatic heterocycles. The fourth-order valence-corrected chi connectivity index (χ4v) is 3.25. The second-order valence-electron chi connectivity index (χ2n) is 4.56. The molecule has 1 N–H and O–H groups in total. The largest absolute Gasteiger partial charge is 0.341 e. The molecule has 0 spiro atoms. The lowest BCUT2D eigenvalue weighted by Gasteiger charge is -2.23. The highest BCUT2D eigenvalue weighted by atomic mass is 32.2. The van der Waals surface area contributed by atoms with E-state index < -0.39 is 6.04 Å². The standard InChI is InChI=1S/C16H13NO2S/c18-15-12-8-4-5-9-14(12)20-10-13(15)17-16(19)11-6-2-1-3-7-11/h1-9,13H,10H2,(H,17,19). The first-order chi connectivity index (χ1) is 9.75. The Labute approximate surface area is 121 Å². The predicted octanol–water partition coefficient (Wildman–Crippen LogP) is 2.77. The lowest BCUT2D eigenvalue weighted by molar-refractivity contribution is 0.0864. The van der Waals surface area contributed by atoms with Gasteiger partial charge in [-0.05, 0) is 18.2 Å². The van der Waals surface area contributed by atoms with E-state index in [1.807, 2.05) is 42.5 Å². The van der Waals surface area contributed by atoms with Gasteiger partial charge in [0.15, 0.2) is 5.78 Å². The number of ketones is 1. The van der Waals surface area contributed by atoms with Crippen molar-refractivity contribution in [3.8, 4) is 0 Å². The molecule has 0 saturated heterocycles. The Bertz CT molecular complexity index is 655. The van der Waals surface area contributed by atoms with Gasteiger partial charge in [-0.1, -0.05) is 36.4 Å². The van der Waals surface area contributed by atoms with Gasteiger partial charge in [0.1, 0.15) is 6.04 Å². The van der Waals surface area contributed by atoms with Crippen molar-refractivity contribution in [2.24, 2.45) is 0 Å². The number of Topliss-reactive ketones (excluding diaryl/α,β-unsaturated/α-hetero) is 1. The number of carbonyl (C=O) groups is 2. The molecule has 0 fully saturated rings. The Kier molecular flexibility index (Phi) is 3.56. The van der Waals surface area contributed by atoms with Gasteiger partial charge in [0.2, 0.25) is 0 Å². The number of rotatable bonds is 2. The molecule has 1 atom stereocenters. The van der Waals surface area contributed by atoms with Gasteiger partial charge in [0, 0.05) is 21.8 Å². The summed E-state index contributed by atoms with van der Waals surface area (Å²) in [5, 5.41) is 2.82. The molecule has 1 aliphatic rings. The van der Waals surface area contributed by atoms with Crippen molar-refractivity contribution >= 4 is 23.5 Å². The molecule has 20 heavy (non-hydrogen) atoms. The average molecular weight is 283 g/mol. The Morgan fingerprint density at radius 1 is 1.05 bits per heavy atom. The van der Waals surface area contributed by atoms with Crippen LogP contribution in [-0.4, -0.2) is 23.5 Å². The lowest BCUT2D eigenvalue weighted by atomic mass is 10.0. The molecule has 2 aromatic carbocycles. The van der Waals surface area contributed by atoms with Gasteiger partial charge >= 0.3 is 0 Å². The van der Waals surface area contributed by atoms with Crippen molar-refractivity contribution in [1.82, 2.24) is 5.32 Å². The molecule has 0 bridgehead atoms. The molecule has 100 valence electrons. The van der Waals surface area contributed by atoms with Crippen molar-refractivity contribution in [2.75, 3.05) is 5.75 Å². The topological polar surface area (TPSA) is 46.2 Å². The molecule has 0 aliphatic carbocycles. The number of thioether (sulfide) groups is 1. The number of amides is 1. The minimum Gasteiger partial charge on any atom is -0.341 e. The van der Waals surface area contributed by atoms with Crippen LogP contribution >= 0.6 is 11.8 Å². The maximum absolute atomic E-state index is 12.4. The summed E-state index contributed by atoms with van der Waals surface area (Å²) in [7, 11) is 0. The summed E-state index contributed by atoms with van der Waals surface area (Å²) in [6, 6.07) is 16.0. The predicted molar refractivity (Wildman–Crippen MR) is 79.2 cm³/mol. The van der Waals surface area contributed by atoms with Gasteiger partial charge in [0.25, 0.3) is 5.91 Å². The number of hydrogen-bond acceptors (Lipinski definition) is 3. The maximum Gasteiger partial charge on any atom is 0.251 e. The van der Waals surface area contributed by atoms with E-state index >= 15 is 0 Å². The highest BCUT2D eigenvalue weighted by Gasteiger charge is 2.28. The van der Waals surface area contributed by atoms with E-state index in [4.69, 9.17) is 0 Å². The Morgan fingerprint density at radius 2 is 1.75 bits per heavy atom. The van der Waals surface area contributed by atoms with Crippen molar-refractivity contribution in [3.63, 3.8) is 0 Å². The average Bonchev–Trinajstić information content (AvgIpc) is 2.51. The molecular weight excluding hydrogens is 270 g/mol. The lowest BCUT2D eigenvalue weighted by Crippen LogP contribution is -2.44. The zero-order valence-corrected chi connectivity index (χ0v) is 11.5. The molecule has 1 amide bonds. The number of hydrogen-bond donors (Lipinski definition) is 1. The smallest absolute Gasteiger partial charge is 0.251 e. The second-order valence-corrected chi connectivity index (χ2v) is 5.63. The Hall–Kier alpha value is -2.07. The van der Waals surface area contributed by atoms with E-state index in [0.29, 0.717) is 16.9 Å². The van der Waals surface area contributed by atoms with Gasteiger partial charge in [-0.2, -0.15) is 0 Å². The van der Waals surface area contributed by atoms with Crippen LogP contribution in [0.25, 0.3) is 0 Å². The molecule has 0 saturated carbocycles. The van der Waals surface area contributed by atoms with Gasteiger partial charge in [-0.25, -0.2) is 0 Å². The van der Waals surface area contributed by atoms with Gasteiger partial charge < -0.3 is 5.32 Å². The van der Waals surface area contributed by atoms with Crippen molar-refractivity contribution in [2.45, 2.75) is 10.9 Å². The molecule has 1 unspecified atom stereocenters. The summed E-state index contributed by atoms with van der Waals surface area (Å²) in [5.41, 5.74) is 1.27. The third-order valence-corrected chi connectivity index (χ3v) is 4.38.